The van der Waals surface area contributed by atoms with E-state index in [1.807, 2.05) is 0 Å². The number of sulfonamides is 1. The second-order valence-electron chi connectivity index (χ2n) is 5.79. The minimum atomic E-state index is -3.48. The molecule has 5 nitrogen and oxygen atoms in total. The van der Waals surface area contributed by atoms with Gasteiger partial charge in [-0.2, -0.15) is 4.31 Å². The van der Waals surface area contributed by atoms with Crippen LogP contribution in [0.5, 0.6) is 0 Å². The molecule has 0 saturated carbocycles. The summed E-state index contributed by atoms with van der Waals surface area (Å²) in [6.45, 7) is 8.44. The number of rotatable bonds is 4. The Kier molecular flexibility index (Phi) is 5.03. The van der Waals surface area contributed by atoms with Crippen LogP contribution in [0.25, 0.3) is 0 Å². The maximum atomic E-state index is 12.8. The van der Waals surface area contributed by atoms with E-state index in [2.05, 4.69) is 18.7 Å². The van der Waals surface area contributed by atoms with Crippen LogP contribution in [0, 0.1) is 6.92 Å². The molecule has 1 heterocycles. The highest BCUT2D eigenvalue weighted by atomic mass is 32.2. The van der Waals surface area contributed by atoms with E-state index in [4.69, 9.17) is 0 Å². The molecule has 0 unspecified atom stereocenters. The second kappa shape index (κ2) is 6.44. The number of hydrogen-bond acceptors (Lipinski definition) is 4. The predicted octanol–water partition coefficient (Wildman–Crippen LogP) is 1.20. The number of benzene rings is 1. The third-order valence-electron chi connectivity index (χ3n) is 4.06. The second-order valence-corrected chi connectivity index (χ2v) is 7.70. The van der Waals surface area contributed by atoms with Crippen LogP contribution in [0.4, 0.5) is 0 Å². The van der Waals surface area contributed by atoms with Crippen molar-refractivity contribution in [2.45, 2.75) is 38.3 Å². The fraction of sp³-hybridized carbons (Fsp3) is 0.600. The van der Waals surface area contributed by atoms with Gasteiger partial charge in [-0.15, -0.1) is 0 Å². The van der Waals surface area contributed by atoms with Gasteiger partial charge in [0.25, 0.3) is 0 Å². The normalized spacial score (nSPS) is 18.3. The molecule has 0 spiro atoms. The fourth-order valence-electron chi connectivity index (χ4n) is 2.62. The van der Waals surface area contributed by atoms with Gasteiger partial charge in [0.2, 0.25) is 10.0 Å². The summed E-state index contributed by atoms with van der Waals surface area (Å²) in [5, 5.41) is 9.21. The highest BCUT2D eigenvalue weighted by Crippen LogP contribution is 2.23. The number of piperazine rings is 1. The van der Waals surface area contributed by atoms with Crippen LogP contribution < -0.4 is 0 Å². The van der Waals surface area contributed by atoms with Crippen molar-refractivity contribution in [2.75, 3.05) is 26.2 Å². The van der Waals surface area contributed by atoms with Gasteiger partial charge in [-0.25, -0.2) is 8.42 Å². The maximum Gasteiger partial charge on any atom is 0.243 e. The number of aryl methyl sites for hydroxylation is 1. The Hall–Kier alpha value is -0.950. The highest BCUT2D eigenvalue weighted by molar-refractivity contribution is 7.89. The van der Waals surface area contributed by atoms with Gasteiger partial charge in [-0.1, -0.05) is 12.1 Å². The summed E-state index contributed by atoms with van der Waals surface area (Å²) in [6, 6.07) is 5.53. The van der Waals surface area contributed by atoms with Crippen molar-refractivity contribution in [1.82, 2.24) is 9.21 Å². The average molecular weight is 312 g/mol. The predicted molar refractivity (Wildman–Crippen MR) is 82.6 cm³/mol. The number of nitrogens with zero attached hydrogens (tertiary/aromatic N) is 2. The number of aliphatic hydroxyl groups is 1. The lowest BCUT2D eigenvalue weighted by Gasteiger charge is -2.36. The summed E-state index contributed by atoms with van der Waals surface area (Å²) in [7, 11) is -3.48. The molecule has 21 heavy (non-hydrogen) atoms. The van der Waals surface area contributed by atoms with Crippen molar-refractivity contribution < 1.29 is 13.5 Å². The van der Waals surface area contributed by atoms with E-state index in [0.717, 1.165) is 18.7 Å². The molecule has 1 N–H and O–H groups in total. The van der Waals surface area contributed by atoms with Crippen molar-refractivity contribution in [3.05, 3.63) is 29.3 Å². The summed E-state index contributed by atoms with van der Waals surface area (Å²) in [5.41, 5.74) is 1.35. The maximum absolute atomic E-state index is 12.8. The van der Waals surface area contributed by atoms with Crippen molar-refractivity contribution >= 4 is 10.0 Å². The fourth-order valence-corrected chi connectivity index (χ4v) is 4.32. The van der Waals surface area contributed by atoms with E-state index in [-0.39, 0.29) is 6.61 Å². The summed E-state index contributed by atoms with van der Waals surface area (Å²) in [4.78, 5) is 2.59. The summed E-state index contributed by atoms with van der Waals surface area (Å²) >= 11 is 0. The zero-order chi connectivity index (χ0) is 15.6. The topological polar surface area (TPSA) is 60.9 Å². The van der Waals surface area contributed by atoms with Gasteiger partial charge in [-0.05, 0) is 38.0 Å². The lowest BCUT2D eigenvalue weighted by Crippen LogP contribution is -2.50. The first kappa shape index (κ1) is 16.4. The minimum Gasteiger partial charge on any atom is -0.392 e. The van der Waals surface area contributed by atoms with Crippen LogP contribution in [0.1, 0.15) is 25.0 Å². The lowest BCUT2D eigenvalue weighted by molar-refractivity contribution is 0.154. The molecule has 0 bridgehead atoms. The Morgan fingerprint density at radius 3 is 2.33 bits per heavy atom. The Bertz CT molecular complexity index is 591. The average Bonchev–Trinajstić information content (AvgIpc) is 2.47. The Labute approximate surface area is 127 Å². The molecule has 1 fully saturated rings. The van der Waals surface area contributed by atoms with Gasteiger partial charge >= 0.3 is 0 Å². The molecule has 2 rings (SSSR count). The van der Waals surface area contributed by atoms with E-state index in [9.17, 15) is 13.5 Å². The summed E-state index contributed by atoms with van der Waals surface area (Å²) < 4.78 is 27.1. The molecule has 0 radical (unpaired) electrons. The largest absolute Gasteiger partial charge is 0.392 e. The van der Waals surface area contributed by atoms with Crippen molar-refractivity contribution in [2.24, 2.45) is 0 Å². The van der Waals surface area contributed by atoms with Crippen LogP contribution in [0.15, 0.2) is 23.1 Å². The molecular weight excluding hydrogens is 288 g/mol. The molecular formula is C15H24N2O3S. The van der Waals surface area contributed by atoms with Gasteiger partial charge in [0.05, 0.1) is 11.5 Å². The van der Waals surface area contributed by atoms with E-state index in [1.165, 1.54) is 0 Å². The van der Waals surface area contributed by atoms with E-state index in [0.29, 0.717) is 29.6 Å². The quantitative estimate of drug-likeness (QED) is 0.907. The Balaban J connectivity index is 2.23. The SMILES string of the molecule is Cc1ccc(CO)cc1S(=O)(=O)N1CCN(C(C)C)CC1. The van der Waals surface area contributed by atoms with Gasteiger partial charge in [0.1, 0.15) is 0 Å². The monoisotopic (exact) mass is 312 g/mol. The Morgan fingerprint density at radius 1 is 1.19 bits per heavy atom. The molecule has 1 aliphatic heterocycles. The lowest BCUT2D eigenvalue weighted by atomic mass is 10.2. The Morgan fingerprint density at radius 2 is 1.81 bits per heavy atom. The zero-order valence-electron chi connectivity index (χ0n) is 12.9. The van der Waals surface area contributed by atoms with Crippen LogP contribution in [-0.4, -0.2) is 55.0 Å². The van der Waals surface area contributed by atoms with Crippen molar-refractivity contribution in [3.8, 4) is 0 Å². The standard InChI is InChI=1S/C15H24N2O3S/c1-12(2)16-6-8-17(9-7-16)21(19,20)15-10-14(11-18)5-4-13(15)3/h4-5,10,12,18H,6-9,11H2,1-3H3. The third-order valence-corrected chi connectivity index (χ3v) is 6.10. The molecule has 1 aliphatic rings. The molecule has 1 aromatic rings. The van der Waals surface area contributed by atoms with Crippen LogP contribution >= 0.6 is 0 Å². The first-order valence-electron chi connectivity index (χ1n) is 7.31. The third kappa shape index (κ3) is 3.45. The van der Waals surface area contributed by atoms with Crippen molar-refractivity contribution in [3.63, 3.8) is 0 Å². The van der Waals surface area contributed by atoms with Crippen molar-refractivity contribution in [1.29, 1.82) is 0 Å². The molecule has 1 aromatic carbocycles. The zero-order valence-corrected chi connectivity index (χ0v) is 13.7. The molecule has 0 aromatic heterocycles. The number of hydrogen-bond donors (Lipinski definition) is 1. The van der Waals surface area contributed by atoms with Gasteiger partial charge in [-0.3, -0.25) is 4.90 Å². The van der Waals surface area contributed by atoms with E-state index < -0.39 is 10.0 Å². The smallest absolute Gasteiger partial charge is 0.243 e. The first-order chi connectivity index (χ1) is 9.86. The minimum absolute atomic E-state index is 0.149. The first-order valence-corrected chi connectivity index (χ1v) is 8.75. The molecule has 118 valence electrons. The van der Waals surface area contributed by atoms with E-state index >= 15 is 0 Å². The van der Waals surface area contributed by atoms with Gasteiger partial charge in [0, 0.05) is 32.2 Å². The van der Waals surface area contributed by atoms with E-state index in [1.54, 1.807) is 29.4 Å². The number of aliphatic hydroxyl groups excluding tert-OH is 1. The van der Waals surface area contributed by atoms with Gasteiger partial charge < -0.3 is 5.11 Å². The molecule has 0 atom stereocenters. The van der Waals surface area contributed by atoms with Crippen LogP contribution in [0.2, 0.25) is 0 Å². The van der Waals surface area contributed by atoms with Crippen LogP contribution in [0.3, 0.4) is 0 Å². The summed E-state index contributed by atoms with van der Waals surface area (Å²) in [5.74, 6) is 0. The molecule has 0 amide bonds. The molecule has 1 saturated heterocycles. The molecule has 0 aliphatic carbocycles. The molecule has 6 heteroatoms. The highest BCUT2D eigenvalue weighted by Gasteiger charge is 2.30. The van der Waals surface area contributed by atoms with Gasteiger partial charge in [0.15, 0.2) is 0 Å². The summed E-state index contributed by atoms with van der Waals surface area (Å²) in [6.07, 6.45) is 0. The van der Waals surface area contributed by atoms with Crippen LogP contribution in [-0.2, 0) is 16.6 Å².